The molecule has 0 atom stereocenters. The first-order valence-corrected chi connectivity index (χ1v) is 11.2. The van der Waals surface area contributed by atoms with Gasteiger partial charge in [-0.1, -0.05) is 48.5 Å². The van der Waals surface area contributed by atoms with Crippen LogP contribution < -0.4 is 4.74 Å². The highest BCUT2D eigenvalue weighted by Gasteiger charge is 2.25. The summed E-state index contributed by atoms with van der Waals surface area (Å²) >= 11 is 0. The lowest BCUT2D eigenvalue weighted by molar-refractivity contribution is 0.0696. The molecule has 172 valence electrons. The Balaban J connectivity index is 1.27. The molecule has 35 heavy (non-hydrogen) atoms. The molecule has 0 spiro atoms. The SMILES string of the molecule is O=C(O)c1ccc(COc2ccc3c(c2)C/C(=C\c2ccc(-c4ccc(F)cc4)cc2)C3=O)cc1. The average Bonchev–Trinajstić information content (AvgIpc) is 3.18. The average molecular weight is 464 g/mol. The molecule has 0 radical (unpaired) electrons. The van der Waals surface area contributed by atoms with Crippen LogP contribution in [0.5, 0.6) is 5.75 Å². The van der Waals surface area contributed by atoms with Crippen LogP contribution in [0, 0.1) is 5.82 Å². The van der Waals surface area contributed by atoms with Crippen molar-refractivity contribution in [2.75, 3.05) is 0 Å². The summed E-state index contributed by atoms with van der Waals surface area (Å²) in [4.78, 5) is 23.9. The highest BCUT2D eigenvalue weighted by atomic mass is 19.1. The third-order valence-electron chi connectivity index (χ3n) is 6.03. The van der Waals surface area contributed by atoms with Gasteiger partial charge in [-0.15, -0.1) is 0 Å². The third kappa shape index (κ3) is 4.89. The fourth-order valence-electron chi connectivity index (χ4n) is 4.13. The Morgan fingerprint density at radius 2 is 1.54 bits per heavy atom. The van der Waals surface area contributed by atoms with Crippen molar-refractivity contribution in [3.05, 3.63) is 130 Å². The van der Waals surface area contributed by atoms with Crippen molar-refractivity contribution < 1.29 is 23.8 Å². The van der Waals surface area contributed by atoms with Gasteiger partial charge in [0.15, 0.2) is 5.78 Å². The molecule has 0 amide bonds. The summed E-state index contributed by atoms with van der Waals surface area (Å²) in [6.07, 6.45) is 2.43. The first-order chi connectivity index (χ1) is 17.0. The lowest BCUT2D eigenvalue weighted by Crippen LogP contribution is -1.99. The summed E-state index contributed by atoms with van der Waals surface area (Å²) in [5.74, 6) is -0.562. The van der Waals surface area contributed by atoms with Gasteiger partial charge in [0, 0.05) is 17.6 Å². The van der Waals surface area contributed by atoms with E-state index in [1.54, 1.807) is 48.5 Å². The van der Waals surface area contributed by atoms with E-state index in [9.17, 15) is 14.0 Å². The molecule has 0 unspecified atom stereocenters. The van der Waals surface area contributed by atoms with E-state index < -0.39 is 5.97 Å². The number of hydrogen-bond donors (Lipinski definition) is 1. The Hall–Kier alpha value is -4.51. The summed E-state index contributed by atoms with van der Waals surface area (Å²) in [6, 6.07) is 26.2. The van der Waals surface area contributed by atoms with E-state index in [-0.39, 0.29) is 17.2 Å². The van der Waals surface area contributed by atoms with Crippen molar-refractivity contribution >= 4 is 17.8 Å². The predicted molar refractivity (Wildman–Crippen MR) is 132 cm³/mol. The Kier molecular flexibility index (Phi) is 5.98. The van der Waals surface area contributed by atoms with Gasteiger partial charge in [0.2, 0.25) is 0 Å². The summed E-state index contributed by atoms with van der Waals surface area (Å²) in [5.41, 5.74) is 6.24. The number of halogens is 1. The minimum Gasteiger partial charge on any atom is -0.489 e. The summed E-state index contributed by atoms with van der Waals surface area (Å²) in [5, 5.41) is 9.00. The largest absolute Gasteiger partial charge is 0.489 e. The molecule has 0 bridgehead atoms. The maximum atomic E-state index is 13.2. The van der Waals surface area contributed by atoms with Crippen LogP contribution in [0.25, 0.3) is 17.2 Å². The lowest BCUT2D eigenvalue weighted by atomic mass is 10.0. The molecule has 1 aliphatic rings. The smallest absolute Gasteiger partial charge is 0.335 e. The fraction of sp³-hybridized carbons (Fsp3) is 0.0667. The van der Waals surface area contributed by atoms with Crippen molar-refractivity contribution in [2.24, 2.45) is 0 Å². The first kappa shape index (κ1) is 22.3. The number of benzene rings is 4. The quantitative estimate of drug-likeness (QED) is 0.327. The number of carboxylic acids is 1. The maximum Gasteiger partial charge on any atom is 0.335 e. The minimum atomic E-state index is -0.964. The fourth-order valence-corrected chi connectivity index (χ4v) is 4.13. The number of ketones is 1. The van der Waals surface area contributed by atoms with Gasteiger partial charge >= 0.3 is 5.97 Å². The van der Waals surface area contributed by atoms with Gasteiger partial charge in [0.05, 0.1) is 5.56 Å². The number of allylic oxidation sites excluding steroid dienone is 1. The zero-order valence-electron chi connectivity index (χ0n) is 18.7. The molecule has 1 N–H and O–H groups in total. The number of hydrogen-bond acceptors (Lipinski definition) is 3. The van der Waals surface area contributed by atoms with Gasteiger partial charge in [0.1, 0.15) is 18.2 Å². The molecule has 0 heterocycles. The van der Waals surface area contributed by atoms with Gasteiger partial charge < -0.3 is 9.84 Å². The molecule has 0 saturated heterocycles. The topological polar surface area (TPSA) is 63.6 Å². The van der Waals surface area contributed by atoms with Crippen LogP contribution >= 0.6 is 0 Å². The van der Waals surface area contributed by atoms with E-state index >= 15 is 0 Å². The Morgan fingerprint density at radius 1 is 0.886 bits per heavy atom. The van der Waals surface area contributed by atoms with Crippen molar-refractivity contribution in [1.29, 1.82) is 0 Å². The highest BCUT2D eigenvalue weighted by Crippen LogP contribution is 2.31. The monoisotopic (exact) mass is 464 g/mol. The molecule has 4 aromatic rings. The van der Waals surface area contributed by atoms with E-state index in [4.69, 9.17) is 9.84 Å². The zero-order valence-corrected chi connectivity index (χ0v) is 18.7. The third-order valence-corrected chi connectivity index (χ3v) is 6.03. The van der Waals surface area contributed by atoms with Crippen LogP contribution in [0.3, 0.4) is 0 Å². The second-order valence-electron chi connectivity index (χ2n) is 8.41. The van der Waals surface area contributed by atoms with Gasteiger partial charge in [-0.05, 0) is 76.4 Å². The minimum absolute atomic E-state index is 0.0124. The molecule has 0 saturated carbocycles. The second kappa shape index (κ2) is 9.39. The van der Waals surface area contributed by atoms with E-state index in [2.05, 4.69) is 0 Å². The van der Waals surface area contributed by atoms with E-state index in [0.29, 0.717) is 24.3 Å². The van der Waals surface area contributed by atoms with Crippen molar-refractivity contribution in [2.45, 2.75) is 13.0 Å². The van der Waals surface area contributed by atoms with E-state index in [0.717, 1.165) is 33.4 Å². The molecular weight excluding hydrogens is 443 g/mol. The molecule has 5 heteroatoms. The Bertz CT molecular complexity index is 1430. The van der Waals surface area contributed by atoms with Gasteiger partial charge in [-0.3, -0.25) is 4.79 Å². The standard InChI is InChI=1S/C30H21FO4/c31-26-11-9-22(10-12-26)21-5-1-19(2-6-21)15-25-16-24-17-27(13-14-28(24)29(25)32)35-18-20-3-7-23(8-4-20)30(33)34/h1-15,17H,16,18H2,(H,33,34)/b25-15+. The molecule has 0 fully saturated rings. The predicted octanol–water partition coefficient (Wildman–Crippen LogP) is 6.59. The van der Waals surface area contributed by atoms with Crippen LogP contribution in [-0.2, 0) is 13.0 Å². The molecule has 4 nitrogen and oxygen atoms in total. The summed E-state index contributed by atoms with van der Waals surface area (Å²) in [6.45, 7) is 0.301. The first-order valence-electron chi connectivity index (χ1n) is 11.2. The van der Waals surface area contributed by atoms with Gasteiger partial charge in [-0.2, -0.15) is 0 Å². The number of carbonyl (C=O) groups is 2. The highest BCUT2D eigenvalue weighted by molar-refractivity contribution is 6.15. The van der Waals surface area contributed by atoms with Gasteiger partial charge in [0.25, 0.3) is 0 Å². The van der Waals surface area contributed by atoms with Gasteiger partial charge in [-0.25, -0.2) is 9.18 Å². The Labute approximate surface area is 201 Å². The molecule has 0 aliphatic heterocycles. The normalized spacial score (nSPS) is 13.6. The second-order valence-corrected chi connectivity index (χ2v) is 8.41. The maximum absolute atomic E-state index is 13.2. The van der Waals surface area contributed by atoms with Crippen molar-refractivity contribution in [3.63, 3.8) is 0 Å². The van der Waals surface area contributed by atoms with Crippen molar-refractivity contribution in [3.8, 4) is 16.9 Å². The van der Waals surface area contributed by atoms with Crippen molar-refractivity contribution in [1.82, 2.24) is 0 Å². The molecule has 1 aliphatic carbocycles. The van der Waals surface area contributed by atoms with Crippen LogP contribution in [0.15, 0.2) is 96.6 Å². The van der Waals surface area contributed by atoms with Crippen LogP contribution in [0.4, 0.5) is 4.39 Å². The molecular formula is C30H21FO4. The summed E-state index contributed by atoms with van der Waals surface area (Å²) in [7, 11) is 0. The summed E-state index contributed by atoms with van der Waals surface area (Å²) < 4.78 is 19.0. The lowest BCUT2D eigenvalue weighted by Gasteiger charge is -2.08. The number of ether oxygens (including phenoxy) is 1. The number of carboxylic acid groups (broad SMARTS) is 1. The number of aromatic carboxylic acids is 1. The van der Waals surface area contributed by atoms with Crippen LogP contribution in [-0.4, -0.2) is 16.9 Å². The Morgan fingerprint density at radius 3 is 2.20 bits per heavy atom. The molecule has 0 aromatic heterocycles. The van der Waals surface area contributed by atoms with Crippen LogP contribution in [0.1, 0.15) is 37.4 Å². The molecule has 4 aromatic carbocycles. The van der Waals surface area contributed by atoms with Crippen LogP contribution in [0.2, 0.25) is 0 Å². The van der Waals surface area contributed by atoms with E-state index in [1.165, 1.54) is 12.1 Å². The number of rotatable bonds is 6. The number of carbonyl (C=O) groups excluding carboxylic acids is 1. The number of fused-ring (bicyclic) bond motifs is 1. The molecule has 5 rings (SSSR count). The zero-order chi connectivity index (χ0) is 24.4. The number of Topliss-reactive ketones (excluding diaryl/α,β-unsaturated/α-hetero) is 1. The van der Waals surface area contributed by atoms with E-state index in [1.807, 2.05) is 36.4 Å².